The Labute approximate surface area is 157 Å². The molecule has 0 aromatic heterocycles. The maximum atomic E-state index is 13.1. The molecule has 0 saturated carbocycles. The zero-order chi connectivity index (χ0) is 20.4. The molecule has 0 saturated heterocycles. The van der Waals surface area contributed by atoms with Gasteiger partial charge < -0.3 is 29.4 Å². The van der Waals surface area contributed by atoms with Crippen LogP contribution in [0, 0.1) is 5.92 Å². The molecule has 27 heavy (non-hydrogen) atoms. The van der Waals surface area contributed by atoms with Crippen LogP contribution < -0.4 is 0 Å². The standard InChI is InChI=1S/C17H25N2O7P/c1-11(2)8-18(10-27(23,24)25)17(22)19-9-13-6-14(20)5-4-12(13)7-15(19)16(21)26-3/h4-6,11,15,20H,7-10H2,1-3H3,(H2,23,24,25)/t15-/m0/s1. The summed E-state index contributed by atoms with van der Waals surface area (Å²) in [5.74, 6) is -0.604. The molecule has 1 atom stereocenters. The second kappa shape index (κ2) is 8.29. The monoisotopic (exact) mass is 400 g/mol. The normalized spacial score (nSPS) is 16.8. The summed E-state index contributed by atoms with van der Waals surface area (Å²) in [6.45, 7) is 3.79. The van der Waals surface area contributed by atoms with Gasteiger partial charge in [0.25, 0.3) is 0 Å². The number of rotatable bonds is 5. The zero-order valence-electron chi connectivity index (χ0n) is 15.5. The summed E-state index contributed by atoms with van der Waals surface area (Å²) in [7, 11) is -3.26. The van der Waals surface area contributed by atoms with Crippen LogP contribution in [0.5, 0.6) is 5.75 Å². The number of aromatic hydroxyl groups is 1. The van der Waals surface area contributed by atoms with Crippen molar-refractivity contribution in [2.45, 2.75) is 32.9 Å². The van der Waals surface area contributed by atoms with Crippen LogP contribution in [0.4, 0.5) is 4.79 Å². The van der Waals surface area contributed by atoms with E-state index in [1.807, 2.05) is 13.8 Å². The fourth-order valence-corrected chi connectivity index (χ4v) is 3.84. The Kier molecular flexibility index (Phi) is 6.51. The van der Waals surface area contributed by atoms with E-state index in [9.17, 15) is 29.0 Å². The van der Waals surface area contributed by atoms with E-state index < -0.39 is 31.9 Å². The van der Waals surface area contributed by atoms with Gasteiger partial charge in [-0.15, -0.1) is 0 Å². The number of nitrogens with zero attached hydrogens (tertiary/aromatic N) is 2. The topological polar surface area (TPSA) is 128 Å². The van der Waals surface area contributed by atoms with Gasteiger partial charge in [0.15, 0.2) is 0 Å². The van der Waals surface area contributed by atoms with Crippen molar-refractivity contribution in [3.63, 3.8) is 0 Å². The number of benzene rings is 1. The third kappa shape index (κ3) is 5.45. The molecule has 10 heteroatoms. The average molecular weight is 400 g/mol. The molecule has 9 nitrogen and oxygen atoms in total. The maximum Gasteiger partial charge on any atom is 0.344 e. The van der Waals surface area contributed by atoms with E-state index in [1.54, 1.807) is 6.07 Å². The molecule has 1 aliphatic heterocycles. The van der Waals surface area contributed by atoms with Crippen LogP contribution in [-0.4, -0.2) is 62.7 Å². The predicted molar refractivity (Wildman–Crippen MR) is 97.0 cm³/mol. The summed E-state index contributed by atoms with van der Waals surface area (Å²) in [6.07, 6.45) is -0.541. The van der Waals surface area contributed by atoms with Crippen molar-refractivity contribution in [2.75, 3.05) is 19.9 Å². The molecule has 150 valence electrons. The molecule has 0 spiro atoms. The van der Waals surface area contributed by atoms with Gasteiger partial charge in [0.05, 0.1) is 7.11 Å². The van der Waals surface area contributed by atoms with Gasteiger partial charge in [-0.25, -0.2) is 9.59 Å². The fourth-order valence-electron chi connectivity index (χ4n) is 3.16. The van der Waals surface area contributed by atoms with E-state index in [1.165, 1.54) is 24.1 Å². The molecule has 0 bridgehead atoms. The molecule has 1 heterocycles. The van der Waals surface area contributed by atoms with Gasteiger partial charge in [-0.3, -0.25) is 4.57 Å². The van der Waals surface area contributed by atoms with Crippen molar-refractivity contribution in [3.8, 4) is 5.75 Å². The zero-order valence-corrected chi connectivity index (χ0v) is 16.4. The Morgan fingerprint density at radius 3 is 2.56 bits per heavy atom. The molecule has 0 unspecified atom stereocenters. The highest BCUT2D eigenvalue weighted by Crippen LogP contribution is 2.36. The van der Waals surface area contributed by atoms with Gasteiger partial charge >= 0.3 is 19.6 Å². The molecule has 3 N–H and O–H groups in total. The second-order valence-corrected chi connectivity index (χ2v) is 8.64. The summed E-state index contributed by atoms with van der Waals surface area (Å²) >= 11 is 0. The molecule has 1 aromatic rings. The van der Waals surface area contributed by atoms with Crippen LogP contribution in [0.1, 0.15) is 25.0 Å². The number of carbonyl (C=O) groups excluding carboxylic acids is 2. The van der Waals surface area contributed by atoms with Crippen molar-refractivity contribution < 1.29 is 33.8 Å². The number of amides is 2. The van der Waals surface area contributed by atoms with Gasteiger partial charge in [-0.2, -0.15) is 0 Å². The lowest BCUT2D eigenvalue weighted by Gasteiger charge is -2.38. The Hall–Kier alpha value is -2.09. The number of esters is 1. The SMILES string of the molecule is COC(=O)[C@@H]1Cc2ccc(O)cc2CN1C(=O)N(CC(C)C)CP(=O)(O)O. The number of methoxy groups -OCH3 is 1. The molecule has 0 radical (unpaired) electrons. The third-order valence-electron chi connectivity index (χ3n) is 4.25. The van der Waals surface area contributed by atoms with Crippen LogP contribution in [0.25, 0.3) is 0 Å². The first-order valence-corrected chi connectivity index (χ1v) is 10.3. The molecule has 1 aromatic carbocycles. The highest BCUT2D eigenvalue weighted by Gasteiger charge is 2.38. The number of hydrogen-bond donors (Lipinski definition) is 3. The number of phenolic OH excluding ortho intramolecular Hbond substituents is 1. The lowest BCUT2D eigenvalue weighted by molar-refractivity contribution is -0.146. The Morgan fingerprint density at radius 2 is 2.00 bits per heavy atom. The molecule has 1 aliphatic rings. The van der Waals surface area contributed by atoms with Crippen LogP contribution in [-0.2, 0) is 27.1 Å². The van der Waals surface area contributed by atoms with Crippen LogP contribution in [0.2, 0.25) is 0 Å². The molecular weight excluding hydrogens is 375 g/mol. The number of ether oxygens (including phenoxy) is 1. The number of carbonyl (C=O) groups is 2. The van der Waals surface area contributed by atoms with Gasteiger partial charge in [0, 0.05) is 19.5 Å². The minimum atomic E-state index is -4.49. The minimum Gasteiger partial charge on any atom is -0.508 e. The summed E-state index contributed by atoms with van der Waals surface area (Å²) in [4.78, 5) is 46.3. The summed E-state index contributed by atoms with van der Waals surface area (Å²) in [5, 5.41) is 9.71. The van der Waals surface area contributed by atoms with E-state index in [0.29, 0.717) is 5.56 Å². The molecule has 2 rings (SSSR count). The highest BCUT2D eigenvalue weighted by atomic mass is 31.2. The largest absolute Gasteiger partial charge is 0.508 e. The summed E-state index contributed by atoms with van der Waals surface area (Å²) in [6, 6.07) is 3.13. The number of hydrogen-bond acceptors (Lipinski definition) is 5. The summed E-state index contributed by atoms with van der Waals surface area (Å²) < 4.78 is 16.3. The van der Waals surface area contributed by atoms with Crippen molar-refractivity contribution in [1.82, 2.24) is 9.80 Å². The second-order valence-electron chi connectivity index (χ2n) is 7.03. The van der Waals surface area contributed by atoms with Gasteiger partial charge in [0.2, 0.25) is 0 Å². The number of fused-ring (bicyclic) bond motifs is 1. The number of phenols is 1. The minimum absolute atomic E-state index is 0.0259. The van der Waals surface area contributed by atoms with E-state index in [2.05, 4.69) is 0 Å². The fraction of sp³-hybridized carbons (Fsp3) is 0.529. The quantitative estimate of drug-likeness (QED) is 0.505. The summed E-state index contributed by atoms with van der Waals surface area (Å²) in [5.41, 5.74) is 1.47. The van der Waals surface area contributed by atoms with E-state index in [4.69, 9.17) is 4.74 Å². The Morgan fingerprint density at radius 1 is 1.33 bits per heavy atom. The highest BCUT2D eigenvalue weighted by molar-refractivity contribution is 7.51. The van der Waals surface area contributed by atoms with E-state index >= 15 is 0 Å². The lowest BCUT2D eigenvalue weighted by Crippen LogP contribution is -2.54. The first kappa shape index (κ1) is 21.2. The third-order valence-corrected chi connectivity index (χ3v) is 4.96. The lowest BCUT2D eigenvalue weighted by atomic mass is 9.94. The Balaban J connectivity index is 2.38. The van der Waals surface area contributed by atoms with Gasteiger partial charge in [-0.05, 0) is 29.2 Å². The van der Waals surface area contributed by atoms with Crippen molar-refractivity contribution >= 4 is 19.6 Å². The van der Waals surface area contributed by atoms with E-state index in [0.717, 1.165) is 10.5 Å². The Bertz CT molecular complexity index is 762. The van der Waals surface area contributed by atoms with Crippen molar-refractivity contribution in [2.24, 2.45) is 5.92 Å². The molecule has 2 amide bonds. The van der Waals surface area contributed by atoms with Crippen LogP contribution in [0.3, 0.4) is 0 Å². The maximum absolute atomic E-state index is 13.1. The smallest absolute Gasteiger partial charge is 0.344 e. The molecular formula is C17H25N2O7P. The van der Waals surface area contributed by atoms with Crippen LogP contribution >= 0.6 is 7.60 Å². The van der Waals surface area contributed by atoms with E-state index in [-0.39, 0.29) is 31.2 Å². The first-order valence-electron chi connectivity index (χ1n) is 8.50. The predicted octanol–water partition coefficient (Wildman–Crippen LogP) is 1.51. The van der Waals surface area contributed by atoms with Gasteiger partial charge in [0.1, 0.15) is 18.1 Å². The van der Waals surface area contributed by atoms with Crippen molar-refractivity contribution in [3.05, 3.63) is 29.3 Å². The van der Waals surface area contributed by atoms with Gasteiger partial charge in [-0.1, -0.05) is 19.9 Å². The first-order chi connectivity index (χ1) is 12.5. The molecule has 0 aliphatic carbocycles. The van der Waals surface area contributed by atoms with Crippen LogP contribution in [0.15, 0.2) is 18.2 Å². The average Bonchev–Trinajstić information content (AvgIpc) is 2.57. The molecule has 0 fully saturated rings. The number of urea groups is 1. The van der Waals surface area contributed by atoms with Crippen molar-refractivity contribution in [1.29, 1.82) is 0 Å².